The fourth-order valence-electron chi connectivity index (χ4n) is 1.63. The van der Waals surface area contributed by atoms with Crippen molar-refractivity contribution in [2.75, 3.05) is 18.5 Å². The van der Waals surface area contributed by atoms with Crippen LogP contribution in [0, 0.1) is 11.7 Å². The van der Waals surface area contributed by atoms with Crippen molar-refractivity contribution < 1.29 is 13.9 Å². The Labute approximate surface area is 92.6 Å². The molecule has 0 saturated carbocycles. The molecule has 1 aliphatic rings. The van der Waals surface area contributed by atoms with Crippen molar-refractivity contribution in [1.29, 1.82) is 0 Å². The second kappa shape index (κ2) is 4.59. The fourth-order valence-corrected chi connectivity index (χ4v) is 1.63. The van der Waals surface area contributed by atoms with Crippen LogP contribution in [-0.4, -0.2) is 25.2 Å². The summed E-state index contributed by atoms with van der Waals surface area (Å²) in [4.78, 5) is 11.7. The molecule has 0 aliphatic carbocycles. The van der Waals surface area contributed by atoms with Crippen molar-refractivity contribution in [1.82, 2.24) is 0 Å². The lowest BCUT2D eigenvalue weighted by atomic mass is 10.0. The Morgan fingerprint density at radius 1 is 1.44 bits per heavy atom. The molecule has 1 fully saturated rings. The lowest BCUT2D eigenvalue weighted by molar-refractivity contribution is -0.120. The number of halogens is 1. The van der Waals surface area contributed by atoms with Crippen LogP contribution in [0.5, 0.6) is 0 Å². The van der Waals surface area contributed by atoms with E-state index in [-0.39, 0.29) is 17.6 Å². The fraction of sp³-hybridized carbons (Fsp3) is 0.364. The van der Waals surface area contributed by atoms with Crippen LogP contribution in [0.15, 0.2) is 24.3 Å². The van der Waals surface area contributed by atoms with Gasteiger partial charge in [0.2, 0.25) is 5.91 Å². The van der Waals surface area contributed by atoms with Gasteiger partial charge in [-0.05, 0) is 12.1 Å². The molecule has 1 heterocycles. The average Bonchev–Trinajstić information content (AvgIpc) is 2.68. The van der Waals surface area contributed by atoms with Crippen molar-refractivity contribution in [3.63, 3.8) is 0 Å². The summed E-state index contributed by atoms with van der Waals surface area (Å²) in [5, 5.41) is 2.51. The van der Waals surface area contributed by atoms with Crippen LogP contribution in [0.2, 0.25) is 0 Å². The molecular weight excluding hydrogens is 211 g/mol. The lowest BCUT2D eigenvalue weighted by Gasteiger charge is -2.13. The molecule has 86 valence electrons. The van der Waals surface area contributed by atoms with Crippen molar-refractivity contribution >= 4 is 11.6 Å². The van der Waals surface area contributed by atoms with Crippen LogP contribution < -0.4 is 11.1 Å². The van der Waals surface area contributed by atoms with Gasteiger partial charge in [0, 0.05) is 6.04 Å². The standard InChI is InChI=1S/C11H13FN2O2/c12-8-3-1-2-4-10(8)14-11(15)7-5-16-6-9(7)13/h1-4,7,9H,5-6,13H2,(H,14,15). The molecular formula is C11H13FN2O2. The van der Waals surface area contributed by atoms with Gasteiger partial charge in [-0.3, -0.25) is 4.79 Å². The Morgan fingerprint density at radius 2 is 2.19 bits per heavy atom. The summed E-state index contributed by atoms with van der Waals surface area (Å²) in [6, 6.07) is 5.71. The van der Waals surface area contributed by atoms with Crippen molar-refractivity contribution in [2.45, 2.75) is 6.04 Å². The lowest BCUT2D eigenvalue weighted by Crippen LogP contribution is -2.37. The minimum atomic E-state index is -0.455. The van der Waals surface area contributed by atoms with Gasteiger partial charge in [-0.15, -0.1) is 0 Å². The third kappa shape index (κ3) is 2.20. The minimum Gasteiger partial charge on any atom is -0.379 e. The predicted molar refractivity (Wildman–Crippen MR) is 57.3 cm³/mol. The van der Waals surface area contributed by atoms with Gasteiger partial charge in [0.25, 0.3) is 0 Å². The molecule has 0 spiro atoms. The molecule has 1 saturated heterocycles. The van der Waals surface area contributed by atoms with E-state index in [9.17, 15) is 9.18 Å². The first kappa shape index (κ1) is 11.0. The van der Waals surface area contributed by atoms with Crippen molar-refractivity contribution in [3.05, 3.63) is 30.1 Å². The zero-order chi connectivity index (χ0) is 11.5. The first-order valence-corrected chi connectivity index (χ1v) is 5.07. The number of nitrogens with one attached hydrogen (secondary N) is 1. The number of nitrogens with two attached hydrogens (primary N) is 1. The van der Waals surface area contributed by atoms with Gasteiger partial charge in [-0.25, -0.2) is 4.39 Å². The van der Waals surface area contributed by atoms with E-state index in [0.717, 1.165) is 0 Å². The van der Waals surface area contributed by atoms with Gasteiger partial charge in [0.05, 0.1) is 24.8 Å². The maximum Gasteiger partial charge on any atom is 0.231 e. The van der Waals surface area contributed by atoms with E-state index in [2.05, 4.69) is 5.32 Å². The van der Waals surface area contributed by atoms with Gasteiger partial charge < -0.3 is 15.8 Å². The largest absolute Gasteiger partial charge is 0.379 e. The van der Waals surface area contributed by atoms with Crippen LogP contribution in [0.4, 0.5) is 10.1 Å². The maximum absolute atomic E-state index is 13.3. The zero-order valence-electron chi connectivity index (χ0n) is 8.65. The average molecular weight is 224 g/mol. The number of carbonyl (C=O) groups is 1. The topological polar surface area (TPSA) is 64.3 Å². The van der Waals surface area contributed by atoms with Gasteiger partial charge in [-0.2, -0.15) is 0 Å². The molecule has 4 nitrogen and oxygen atoms in total. The van der Waals surface area contributed by atoms with Crippen LogP contribution in [0.1, 0.15) is 0 Å². The molecule has 2 atom stereocenters. The highest BCUT2D eigenvalue weighted by molar-refractivity contribution is 5.93. The van der Waals surface area contributed by atoms with Gasteiger partial charge in [0.15, 0.2) is 0 Å². The number of amides is 1. The highest BCUT2D eigenvalue weighted by atomic mass is 19.1. The second-order valence-electron chi connectivity index (χ2n) is 3.78. The number of hydrogen-bond donors (Lipinski definition) is 2. The highest BCUT2D eigenvalue weighted by Gasteiger charge is 2.31. The van der Waals surface area contributed by atoms with Crippen molar-refractivity contribution in [2.24, 2.45) is 11.7 Å². The van der Waals surface area contributed by atoms with E-state index < -0.39 is 11.7 Å². The number of hydrogen-bond acceptors (Lipinski definition) is 3. The monoisotopic (exact) mass is 224 g/mol. The highest BCUT2D eigenvalue weighted by Crippen LogP contribution is 2.17. The predicted octanol–water partition coefficient (Wildman–Crippen LogP) is 0.738. The summed E-state index contributed by atoms with van der Waals surface area (Å²) in [6.07, 6.45) is 0. The first-order valence-electron chi connectivity index (χ1n) is 5.07. The van der Waals surface area contributed by atoms with Gasteiger partial charge >= 0.3 is 0 Å². The quantitative estimate of drug-likeness (QED) is 0.778. The number of rotatable bonds is 2. The molecule has 2 rings (SSSR count). The Kier molecular flexibility index (Phi) is 3.17. The molecule has 5 heteroatoms. The number of anilines is 1. The molecule has 1 aromatic carbocycles. The van der Waals surface area contributed by atoms with Crippen molar-refractivity contribution in [3.8, 4) is 0 Å². The summed E-state index contributed by atoms with van der Waals surface area (Å²) >= 11 is 0. The molecule has 0 radical (unpaired) electrons. The molecule has 0 aromatic heterocycles. The molecule has 2 unspecified atom stereocenters. The summed E-state index contributed by atoms with van der Waals surface area (Å²) < 4.78 is 18.3. The van der Waals surface area contributed by atoms with E-state index >= 15 is 0 Å². The third-order valence-corrected chi connectivity index (χ3v) is 2.59. The molecule has 1 aromatic rings. The molecule has 1 aliphatic heterocycles. The zero-order valence-corrected chi connectivity index (χ0v) is 8.65. The van der Waals surface area contributed by atoms with E-state index in [0.29, 0.717) is 13.2 Å². The Morgan fingerprint density at radius 3 is 2.81 bits per heavy atom. The molecule has 3 N–H and O–H groups in total. The minimum absolute atomic E-state index is 0.173. The Bertz CT molecular complexity index is 397. The van der Waals surface area contributed by atoms with Crippen LogP contribution in [-0.2, 0) is 9.53 Å². The Hall–Kier alpha value is -1.46. The SMILES string of the molecule is NC1COCC1C(=O)Nc1ccccc1F. The van der Waals surface area contributed by atoms with E-state index in [4.69, 9.17) is 10.5 Å². The third-order valence-electron chi connectivity index (χ3n) is 2.59. The summed E-state index contributed by atoms with van der Waals surface area (Å²) in [5.41, 5.74) is 5.86. The first-order chi connectivity index (χ1) is 7.68. The Balaban J connectivity index is 2.05. The summed E-state index contributed by atoms with van der Waals surface area (Å²) in [6.45, 7) is 0.664. The van der Waals surface area contributed by atoms with Crippen LogP contribution >= 0.6 is 0 Å². The van der Waals surface area contributed by atoms with Crippen LogP contribution in [0.25, 0.3) is 0 Å². The number of ether oxygens (including phenoxy) is 1. The number of carbonyl (C=O) groups excluding carboxylic acids is 1. The van der Waals surface area contributed by atoms with E-state index in [1.807, 2.05) is 0 Å². The molecule has 0 bridgehead atoms. The maximum atomic E-state index is 13.3. The smallest absolute Gasteiger partial charge is 0.231 e. The molecule has 1 amide bonds. The van der Waals surface area contributed by atoms with Gasteiger partial charge in [0.1, 0.15) is 5.82 Å². The summed E-state index contributed by atoms with van der Waals surface area (Å²) in [5.74, 6) is -1.15. The molecule has 16 heavy (non-hydrogen) atoms. The number of para-hydroxylation sites is 1. The van der Waals surface area contributed by atoms with Crippen LogP contribution in [0.3, 0.4) is 0 Å². The normalized spacial score (nSPS) is 24.4. The van der Waals surface area contributed by atoms with E-state index in [1.165, 1.54) is 12.1 Å². The number of benzene rings is 1. The summed E-state index contributed by atoms with van der Waals surface area (Å²) in [7, 11) is 0. The van der Waals surface area contributed by atoms with E-state index in [1.54, 1.807) is 12.1 Å². The second-order valence-corrected chi connectivity index (χ2v) is 3.78. The van der Waals surface area contributed by atoms with Gasteiger partial charge in [-0.1, -0.05) is 12.1 Å².